The topological polar surface area (TPSA) is 88.4 Å². The van der Waals surface area contributed by atoms with Crippen LogP contribution in [0, 0.1) is 5.39 Å². The lowest BCUT2D eigenvalue weighted by Crippen LogP contribution is -2.02. The standard InChI is InChI=1S/C15H13N4O3.BF4/c1-21-14-9-12(6-7-13(14)17-16)19-18-11-5-3-4-10(8-11)15(20)22-2;2-1(3,4)5/h3-9H,1-2H3;/q+1;-1. The number of nitrogens with zero attached hydrogens (tertiary/aromatic N) is 4. The summed E-state index contributed by atoms with van der Waals surface area (Å²) in [6.45, 7) is 0. The van der Waals surface area contributed by atoms with Gasteiger partial charge in [0.25, 0.3) is 0 Å². The van der Waals surface area contributed by atoms with Crippen LogP contribution >= 0.6 is 0 Å². The number of methoxy groups -OCH3 is 2. The van der Waals surface area contributed by atoms with Gasteiger partial charge in [-0.05, 0) is 24.3 Å². The maximum Gasteiger partial charge on any atom is 0.673 e. The van der Waals surface area contributed by atoms with E-state index >= 15 is 0 Å². The predicted molar refractivity (Wildman–Crippen MR) is 89.9 cm³/mol. The molecule has 0 bridgehead atoms. The minimum absolute atomic E-state index is 0.300. The van der Waals surface area contributed by atoms with Gasteiger partial charge in [-0.3, -0.25) is 0 Å². The molecule has 2 rings (SSSR count). The number of hydrogen-bond acceptors (Lipinski definition) is 6. The average molecular weight is 384 g/mol. The Kier molecular flexibility index (Phi) is 7.87. The molecule has 0 aromatic heterocycles. The van der Waals surface area contributed by atoms with Crippen molar-refractivity contribution in [1.82, 2.24) is 0 Å². The van der Waals surface area contributed by atoms with Gasteiger partial charge in [0.1, 0.15) is 0 Å². The van der Waals surface area contributed by atoms with Crippen LogP contribution in [-0.4, -0.2) is 27.4 Å². The number of carbonyl (C=O) groups excluding carboxylic acids is 1. The fraction of sp³-hybridized carbons (Fsp3) is 0.133. The molecule has 2 aromatic rings. The maximum atomic E-state index is 11.4. The molecule has 27 heavy (non-hydrogen) atoms. The van der Waals surface area contributed by atoms with E-state index in [0.29, 0.717) is 28.4 Å². The van der Waals surface area contributed by atoms with Gasteiger partial charge in [-0.25, -0.2) is 4.79 Å². The molecule has 0 spiro atoms. The Morgan fingerprint density at radius 1 is 1.04 bits per heavy atom. The summed E-state index contributed by atoms with van der Waals surface area (Å²) in [7, 11) is -3.22. The van der Waals surface area contributed by atoms with E-state index in [1.54, 1.807) is 42.5 Å². The molecule has 0 radical (unpaired) electrons. The fourth-order valence-corrected chi connectivity index (χ4v) is 1.74. The van der Waals surface area contributed by atoms with Crippen molar-refractivity contribution >= 4 is 30.3 Å². The highest BCUT2D eigenvalue weighted by Gasteiger charge is 2.20. The second-order valence-corrected chi connectivity index (χ2v) is 4.69. The molecule has 2 aromatic carbocycles. The van der Waals surface area contributed by atoms with Crippen LogP contribution in [0.5, 0.6) is 5.75 Å². The van der Waals surface area contributed by atoms with Crippen molar-refractivity contribution in [2.45, 2.75) is 0 Å². The first-order chi connectivity index (χ1) is 12.7. The first kappa shape index (κ1) is 21.6. The van der Waals surface area contributed by atoms with Gasteiger partial charge in [-0.1, -0.05) is 6.07 Å². The SMILES string of the molecule is COC(=O)c1cccc(N=Nc2ccc([N+]#N)c(OC)c2)c1.F[B-](F)(F)F. The number of esters is 1. The Balaban J connectivity index is 0.000000646. The smallest absolute Gasteiger partial charge is 0.489 e. The van der Waals surface area contributed by atoms with Crippen LogP contribution in [0.3, 0.4) is 0 Å². The molecular formula is C15H13BF4N4O3. The van der Waals surface area contributed by atoms with E-state index in [0.717, 1.165) is 0 Å². The quantitative estimate of drug-likeness (QED) is 0.223. The molecule has 0 saturated carbocycles. The summed E-state index contributed by atoms with van der Waals surface area (Å²) < 4.78 is 48.7. The summed E-state index contributed by atoms with van der Waals surface area (Å²) in [6, 6.07) is 11.4. The molecule has 142 valence electrons. The average Bonchev–Trinajstić information content (AvgIpc) is 2.64. The Hall–Kier alpha value is -3.49. The van der Waals surface area contributed by atoms with E-state index in [1.165, 1.54) is 14.2 Å². The van der Waals surface area contributed by atoms with Gasteiger partial charge < -0.3 is 26.7 Å². The summed E-state index contributed by atoms with van der Waals surface area (Å²) in [5.74, 6) is -0.0603. The van der Waals surface area contributed by atoms with Crippen molar-refractivity contribution in [3.63, 3.8) is 0 Å². The zero-order valence-electron chi connectivity index (χ0n) is 14.1. The summed E-state index contributed by atoms with van der Waals surface area (Å²) in [5, 5.41) is 16.9. The third-order valence-electron chi connectivity index (χ3n) is 2.82. The Labute approximate surface area is 151 Å². The fourth-order valence-electron chi connectivity index (χ4n) is 1.74. The molecule has 12 heteroatoms. The molecule has 0 heterocycles. The third kappa shape index (κ3) is 7.95. The van der Waals surface area contributed by atoms with Crippen LogP contribution < -0.4 is 4.74 Å². The highest BCUT2D eigenvalue weighted by molar-refractivity contribution is 6.50. The van der Waals surface area contributed by atoms with Crippen LogP contribution in [-0.2, 0) is 4.74 Å². The number of benzene rings is 2. The van der Waals surface area contributed by atoms with Gasteiger partial charge >= 0.3 is 18.9 Å². The first-order valence-corrected chi connectivity index (χ1v) is 7.18. The normalized spacial score (nSPS) is 10.6. The predicted octanol–water partition coefficient (Wildman–Crippen LogP) is 5.68. The number of rotatable bonds is 4. The van der Waals surface area contributed by atoms with Crippen LogP contribution in [0.15, 0.2) is 52.7 Å². The zero-order valence-corrected chi connectivity index (χ0v) is 14.1. The van der Waals surface area contributed by atoms with Gasteiger partial charge in [0.05, 0.1) is 31.2 Å². The Morgan fingerprint density at radius 3 is 2.15 bits per heavy atom. The van der Waals surface area contributed by atoms with Crippen molar-refractivity contribution in [1.29, 1.82) is 5.39 Å². The van der Waals surface area contributed by atoms with E-state index in [4.69, 9.17) is 10.1 Å². The zero-order chi connectivity index (χ0) is 20.4. The highest BCUT2D eigenvalue weighted by atomic mass is 19.5. The maximum absolute atomic E-state index is 11.4. The molecule has 0 N–H and O–H groups in total. The lowest BCUT2D eigenvalue weighted by Gasteiger charge is -1.99. The summed E-state index contributed by atoms with van der Waals surface area (Å²) in [6.07, 6.45) is 0. The van der Waals surface area contributed by atoms with Gasteiger partial charge in [0, 0.05) is 12.1 Å². The Bertz CT molecular complexity index is 863. The number of azo groups is 1. The Morgan fingerprint density at radius 2 is 1.63 bits per heavy atom. The van der Waals surface area contributed by atoms with Crippen molar-refractivity contribution < 1.29 is 31.5 Å². The van der Waals surface area contributed by atoms with Gasteiger partial charge in [0.2, 0.25) is 11.1 Å². The molecule has 0 aliphatic rings. The highest BCUT2D eigenvalue weighted by Crippen LogP contribution is 2.32. The number of halogens is 4. The van der Waals surface area contributed by atoms with Gasteiger partial charge in [-0.2, -0.15) is 10.2 Å². The number of hydrogen-bond donors (Lipinski definition) is 0. The summed E-state index contributed by atoms with van der Waals surface area (Å²) in [4.78, 5) is 14.5. The van der Waals surface area contributed by atoms with E-state index in [9.17, 15) is 22.1 Å². The van der Waals surface area contributed by atoms with Crippen molar-refractivity contribution in [3.8, 4) is 5.75 Å². The number of ether oxygens (including phenoxy) is 2. The van der Waals surface area contributed by atoms with Crippen LogP contribution in [0.25, 0.3) is 4.98 Å². The third-order valence-corrected chi connectivity index (χ3v) is 2.82. The van der Waals surface area contributed by atoms with Crippen LogP contribution in [0.4, 0.5) is 34.3 Å². The molecule has 0 saturated heterocycles. The molecule has 0 atom stereocenters. The first-order valence-electron chi connectivity index (χ1n) is 7.18. The largest absolute Gasteiger partial charge is 0.673 e. The molecule has 0 fully saturated rings. The monoisotopic (exact) mass is 384 g/mol. The number of diazo groups is 1. The molecule has 0 amide bonds. The van der Waals surface area contributed by atoms with Gasteiger partial charge in [0.15, 0.2) is 4.98 Å². The van der Waals surface area contributed by atoms with Crippen LogP contribution in [0.1, 0.15) is 10.4 Å². The second kappa shape index (κ2) is 9.86. The molecule has 7 nitrogen and oxygen atoms in total. The molecule has 0 aliphatic carbocycles. The lowest BCUT2D eigenvalue weighted by molar-refractivity contribution is 0.0600. The van der Waals surface area contributed by atoms with Crippen molar-refractivity contribution in [3.05, 3.63) is 53.0 Å². The van der Waals surface area contributed by atoms with E-state index in [-0.39, 0.29) is 0 Å². The number of carbonyl (C=O) groups is 1. The van der Waals surface area contributed by atoms with Crippen molar-refractivity contribution in [2.75, 3.05) is 14.2 Å². The van der Waals surface area contributed by atoms with Crippen LogP contribution in [0.2, 0.25) is 0 Å². The molecule has 0 unspecified atom stereocenters. The van der Waals surface area contributed by atoms with E-state index in [2.05, 4.69) is 19.9 Å². The van der Waals surface area contributed by atoms with Gasteiger partial charge in [-0.15, -0.1) is 0 Å². The second-order valence-electron chi connectivity index (χ2n) is 4.69. The molecule has 0 aliphatic heterocycles. The van der Waals surface area contributed by atoms with E-state index in [1.807, 2.05) is 0 Å². The van der Waals surface area contributed by atoms with E-state index < -0.39 is 13.2 Å². The minimum atomic E-state index is -6.00. The summed E-state index contributed by atoms with van der Waals surface area (Å²) in [5.41, 5.74) is 1.73. The lowest BCUT2D eigenvalue weighted by atomic mass is 10.2. The summed E-state index contributed by atoms with van der Waals surface area (Å²) >= 11 is 0. The van der Waals surface area contributed by atoms with Crippen molar-refractivity contribution in [2.24, 2.45) is 10.2 Å². The minimum Gasteiger partial charge on any atom is -0.489 e. The molecular weight excluding hydrogens is 371 g/mol.